The minimum Gasteiger partial charge on any atom is -0.362 e. The second kappa shape index (κ2) is 11.3. The van der Waals surface area contributed by atoms with Gasteiger partial charge in [-0.3, -0.25) is 14.7 Å². The lowest BCUT2D eigenvalue weighted by atomic mass is 9.94. The van der Waals surface area contributed by atoms with Crippen molar-refractivity contribution >= 4 is 12.6 Å². The maximum absolute atomic E-state index is 13.7. The van der Waals surface area contributed by atoms with Gasteiger partial charge in [0.2, 0.25) is 0 Å². The number of piperidine rings is 1. The Morgan fingerprint density at radius 2 is 1.87 bits per heavy atom. The number of hydrogen-bond donors (Lipinski definition) is 0. The summed E-state index contributed by atoms with van der Waals surface area (Å²) >= 11 is 0. The summed E-state index contributed by atoms with van der Waals surface area (Å²) in [4.78, 5) is 28.4. The van der Waals surface area contributed by atoms with Crippen LogP contribution < -0.4 is 0 Å². The zero-order valence-corrected chi connectivity index (χ0v) is 22.0. The summed E-state index contributed by atoms with van der Waals surface area (Å²) in [6.07, 6.45) is 5.02. The third-order valence-corrected chi connectivity index (χ3v) is 7.87. The van der Waals surface area contributed by atoms with E-state index in [1.165, 1.54) is 12.1 Å². The summed E-state index contributed by atoms with van der Waals surface area (Å²) in [5.41, 5.74) is 3.48. The highest BCUT2D eigenvalue weighted by Gasteiger charge is 2.32. The number of aliphatic imine (C=N–C) groups is 1. The fourth-order valence-corrected chi connectivity index (χ4v) is 5.54. The molecule has 0 N–H and O–H groups in total. The standard InChI is InChI=1S/C29H34FN7O/c1-21(25-6-4-5-7-26(25)22-8-10-23(30)11-9-22)34(3)27(18-31-2)29(38)35-14-12-24(13-15-35)36-16-17-37-28(19-36)32-20-33-37/h4-11,18,20-21,24H,2,12-17,19H2,1,3H3/b27-18-/t21-/m0/s1. The van der Waals surface area contributed by atoms with Gasteiger partial charge < -0.3 is 9.80 Å². The Balaban J connectivity index is 1.28. The molecule has 0 bridgehead atoms. The minimum atomic E-state index is -0.267. The van der Waals surface area contributed by atoms with Crippen molar-refractivity contribution in [2.75, 3.05) is 26.7 Å². The van der Waals surface area contributed by atoms with E-state index in [1.54, 1.807) is 24.7 Å². The number of fused-ring (bicyclic) bond motifs is 1. The first-order valence-electron chi connectivity index (χ1n) is 13.1. The third kappa shape index (κ3) is 5.24. The Bertz CT molecular complexity index is 1310. The van der Waals surface area contributed by atoms with Crippen LogP contribution in [0.5, 0.6) is 0 Å². The molecule has 0 saturated carbocycles. The molecule has 0 spiro atoms. The first-order valence-corrected chi connectivity index (χ1v) is 13.1. The molecule has 1 saturated heterocycles. The molecule has 0 unspecified atom stereocenters. The summed E-state index contributed by atoms with van der Waals surface area (Å²) in [6, 6.07) is 14.8. The third-order valence-electron chi connectivity index (χ3n) is 7.87. The topological polar surface area (TPSA) is 69.9 Å². The van der Waals surface area contributed by atoms with Gasteiger partial charge in [0.25, 0.3) is 5.91 Å². The Kier molecular flexibility index (Phi) is 7.64. The second-order valence-corrected chi connectivity index (χ2v) is 9.97. The summed E-state index contributed by atoms with van der Waals surface area (Å²) in [5.74, 6) is 0.702. The number of likely N-dealkylation sites (tertiary alicyclic amines) is 1. The van der Waals surface area contributed by atoms with E-state index in [-0.39, 0.29) is 17.8 Å². The molecule has 2 aliphatic heterocycles. The Morgan fingerprint density at radius 1 is 1.13 bits per heavy atom. The SMILES string of the molecule is C=N/C=C(/C(=O)N1CCC(N2CCn3ncnc3C2)CC1)N(C)[C@@H](C)c1ccccc1-c1ccc(F)cc1. The van der Waals surface area contributed by atoms with Gasteiger partial charge in [-0.15, -0.1) is 0 Å². The lowest BCUT2D eigenvalue weighted by Crippen LogP contribution is -2.50. The van der Waals surface area contributed by atoms with E-state index in [0.717, 1.165) is 55.0 Å². The van der Waals surface area contributed by atoms with Crippen molar-refractivity contribution in [1.82, 2.24) is 29.5 Å². The molecule has 0 aliphatic carbocycles. The molecule has 8 nitrogen and oxygen atoms in total. The molecule has 3 heterocycles. The molecule has 1 amide bonds. The minimum absolute atomic E-state index is 0.0390. The number of aromatic nitrogens is 3. The maximum Gasteiger partial charge on any atom is 0.271 e. The molecule has 38 heavy (non-hydrogen) atoms. The van der Waals surface area contributed by atoms with Crippen molar-refractivity contribution in [2.24, 2.45) is 4.99 Å². The van der Waals surface area contributed by atoms with E-state index in [1.807, 2.05) is 45.8 Å². The van der Waals surface area contributed by atoms with Crippen LogP contribution >= 0.6 is 0 Å². The Labute approximate surface area is 223 Å². The van der Waals surface area contributed by atoms with Gasteiger partial charge >= 0.3 is 0 Å². The van der Waals surface area contributed by atoms with Gasteiger partial charge in [0.15, 0.2) is 0 Å². The van der Waals surface area contributed by atoms with Gasteiger partial charge in [0.05, 0.1) is 25.3 Å². The van der Waals surface area contributed by atoms with Crippen LogP contribution in [0.4, 0.5) is 4.39 Å². The molecule has 0 radical (unpaired) electrons. The average Bonchev–Trinajstić information content (AvgIpc) is 3.43. The van der Waals surface area contributed by atoms with E-state index < -0.39 is 0 Å². The number of carbonyl (C=O) groups excluding carboxylic acids is 1. The van der Waals surface area contributed by atoms with Crippen molar-refractivity contribution in [3.63, 3.8) is 0 Å². The van der Waals surface area contributed by atoms with Crippen LogP contribution in [0.25, 0.3) is 11.1 Å². The predicted octanol–water partition coefficient (Wildman–Crippen LogP) is 4.13. The molecule has 9 heteroatoms. The highest BCUT2D eigenvalue weighted by molar-refractivity contribution is 5.93. The van der Waals surface area contributed by atoms with Crippen molar-refractivity contribution in [3.05, 3.63) is 84.0 Å². The summed E-state index contributed by atoms with van der Waals surface area (Å²) in [7, 11) is 1.91. The Morgan fingerprint density at radius 3 is 2.61 bits per heavy atom. The first-order chi connectivity index (χ1) is 18.5. The van der Waals surface area contributed by atoms with Crippen molar-refractivity contribution in [2.45, 2.75) is 44.9 Å². The fourth-order valence-electron chi connectivity index (χ4n) is 5.54. The van der Waals surface area contributed by atoms with Crippen LogP contribution in [0.15, 0.2) is 71.7 Å². The van der Waals surface area contributed by atoms with Crippen LogP contribution in [0.2, 0.25) is 0 Å². The van der Waals surface area contributed by atoms with Crippen LogP contribution in [0, 0.1) is 5.82 Å². The molecule has 1 aromatic heterocycles. The quantitative estimate of drug-likeness (QED) is 0.350. The predicted molar refractivity (Wildman–Crippen MR) is 146 cm³/mol. The van der Waals surface area contributed by atoms with Crippen molar-refractivity contribution in [3.8, 4) is 11.1 Å². The summed E-state index contributed by atoms with van der Waals surface area (Å²) < 4.78 is 15.5. The lowest BCUT2D eigenvalue weighted by molar-refractivity contribution is -0.130. The monoisotopic (exact) mass is 515 g/mol. The largest absolute Gasteiger partial charge is 0.362 e. The number of likely N-dealkylation sites (N-methyl/N-ethyl adjacent to an activating group) is 1. The van der Waals surface area contributed by atoms with Gasteiger partial charge in [0.1, 0.15) is 23.7 Å². The number of hydrogen-bond acceptors (Lipinski definition) is 6. The van der Waals surface area contributed by atoms with Gasteiger partial charge in [0, 0.05) is 32.7 Å². The number of amides is 1. The number of rotatable bonds is 7. The van der Waals surface area contributed by atoms with E-state index in [9.17, 15) is 9.18 Å². The van der Waals surface area contributed by atoms with E-state index in [2.05, 4.69) is 33.6 Å². The van der Waals surface area contributed by atoms with Crippen molar-refractivity contribution in [1.29, 1.82) is 0 Å². The molecule has 1 atom stereocenters. The lowest BCUT2D eigenvalue weighted by Gasteiger charge is -2.41. The molecule has 5 rings (SSSR count). The van der Waals surface area contributed by atoms with Gasteiger partial charge in [-0.1, -0.05) is 36.4 Å². The number of benzene rings is 2. The molecule has 2 aliphatic rings. The zero-order chi connectivity index (χ0) is 26.6. The van der Waals surface area contributed by atoms with Gasteiger partial charge in [-0.25, -0.2) is 14.1 Å². The zero-order valence-electron chi connectivity index (χ0n) is 22.0. The van der Waals surface area contributed by atoms with E-state index >= 15 is 0 Å². The summed E-state index contributed by atoms with van der Waals surface area (Å²) in [5, 5.41) is 4.27. The van der Waals surface area contributed by atoms with E-state index in [4.69, 9.17) is 0 Å². The van der Waals surface area contributed by atoms with Crippen LogP contribution in [0.1, 0.15) is 37.2 Å². The Hall–Kier alpha value is -3.85. The van der Waals surface area contributed by atoms with Gasteiger partial charge in [-0.2, -0.15) is 5.10 Å². The maximum atomic E-state index is 13.7. The number of carbonyl (C=O) groups is 1. The van der Waals surface area contributed by atoms with Gasteiger partial charge in [-0.05, 0) is 55.3 Å². The normalized spacial score (nSPS) is 17.7. The number of nitrogens with zero attached hydrogens (tertiary/aromatic N) is 7. The van der Waals surface area contributed by atoms with Crippen LogP contribution in [-0.2, 0) is 17.9 Å². The first kappa shape index (κ1) is 25.8. The van der Waals surface area contributed by atoms with Crippen LogP contribution in [0.3, 0.4) is 0 Å². The molecule has 2 aromatic carbocycles. The summed E-state index contributed by atoms with van der Waals surface area (Å²) in [6.45, 7) is 9.68. The van der Waals surface area contributed by atoms with E-state index in [0.29, 0.717) is 24.8 Å². The number of halogens is 1. The second-order valence-electron chi connectivity index (χ2n) is 9.97. The molecule has 1 fully saturated rings. The smallest absolute Gasteiger partial charge is 0.271 e. The average molecular weight is 516 g/mol. The highest BCUT2D eigenvalue weighted by atomic mass is 19.1. The van der Waals surface area contributed by atoms with Crippen LogP contribution in [-0.4, -0.2) is 74.8 Å². The van der Waals surface area contributed by atoms with Crippen molar-refractivity contribution < 1.29 is 9.18 Å². The highest BCUT2D eigenvalue weighted by Crippen LogP contribution is 2.33. The molecule has 198 valence electrons. The fraction of sp³-hybridized carbons (Fsp3) is 0.379. The molecular weight excluding hydrogens is 481 g/mol. The molecule has 3 aromatic rings. The molecular formula is C29H34FN7O.